The largest absolute Gasteiger partial charge is 0.344 e. The van der Waals surface area contributed by atoms with Crippen molar-refractivity contribution in [3.05, 3.63) is 54.1 Å². The van der Waals surface area contributed by atoms with Crippen molar-refractivity contribution in [1.82, 2.24) is 9.97 Å². The van der Waals surface area contributed by atoms with E-state index < -0.39 is 0 Å². The average molecular weight is 252 g/mol. The van der Waals surface area contributed by atoms with Crippen molar-refractivity contribution in [2.45, 2.75) is 19.5 Å². The molecule has 2 aromatic rings. The van der Waals surface area contributed by atoms with Crippen LogP contribution in [0.2, 0.25) is 0 Å². The minimum atomic E-state index is 0.0275. The van der Waals surface area contributed by atoms with E-state index in [-0.39, 0.29) is 6.17 Å². The van der Waals surface area contributed by atoms with Gasteiger partial charge in [-0.25, -0.2) is 0 Å². The van der Waals surface area contributed by atoms with Gasteiger partial charge >= 0.3 is 0 Å². The van der Waals surface area contributed by atoms with E-state index in [1.54, 1.807) is 0 Å². The van der Waals surface area contributed by atoms with Gasteiger partial charge in [-0.1, -0.05) is 6.92 Å². The minimum Gasteiger partial charge on any atom is -0.344 e. The van der Waals surface area contributed by atoms with Crippen LogP contribution in [0.15, 0.2) is 48.0 Å². The summed E-state index contributed by atoms with van der Waals surface area (Å²) in [5.74, 6) is 0. The van der Waals surface area contributed by atoms with Gasteiger partial charge in [0.05, 0.1) is 11.9 Å². The molecule has 1 unspecified atom stereocenters. The topological polar surface area (TPSA) is 41.4 Å². The summed E-state index contributed by atoms with van der Waals surface area (Å²) in [6.45, 7) is 3.14. The summed E-state index contributed by atoms with van der Waals surface area (Å²) in [6.07, 6.45) is 10.4. The van der Waals surface area contributed by atoms with Crippen LogP contribution in [0.25, 0.3) is 0 Å². The number of fused-ring (bicyclic) bond motifs is 1. The predicted molar refractivity (Wildman–Crippen MR) is 76.4 cm³/mol. The van der Waals surface area contributed by atoms with Crippen LogP contribution in [0.5, 0.6) is 0 Å². The van der Waals surface area contributed by atoms with Gasteiger partial charge in [0.25, 0.3) is 0 Å². The Hall–Kier alpha value is -2.23. The SMILES string of the molecule is CCCN1c2cnccc2C=NC1c1ccncc1. The summed E-state index contributed by atoms with van der Waals surface area (Å²) in [6, 6.07) is 6.04. The standard InChI is InChI=1S/C15H16N4/c1-2-9-19-14-11-17-8-5-13(14)10-18-15(19)12-3-6-16-7-4-12/h3-8,10-11,15H,2,9H2,1H3. The van der Waals surface area contributed by atoms with Crippen LogP contribution in [-0.4, -0.2) is 22.7 Å². The molecule has 0 aliphatic carbocycles. The Bertz CT molecular complexity index is 580. The third-order valence-corrected chi connectivity index (χ3v) is 3.26. The molecular formula is C15H16N4. The fourth-order valence-electron chi connectivity index (χ4n) is 2.39. The molecule has 0 fully saturated rings. The molecule has 1 aliphatic rings. The van der Waals surface area contributed by atoms with E-state index in [0.29, 0.717) is 0 Å². The monoisotopic (exact) mass is 252 g/mol. The molecule has 1 atom stereocenters. The first kappa shape index (κ1) is 11.8. The van der Waals surface area contributed by atoms with Crippen molar-refractivity contribution in [2.75, 3.05) is 11.4 Å². The van der Waals surface area contributed by atoms with Crippen LogP contribution in [0, 0.1) is 0 Å². The van der Waals surface area contributed by atoms with E-state index in [0.717, 1.165) is 29.8 Å². The third kappa shape index (κ3) is 2.21. The van der Waals surface area contributed by atoms with Gasteiger partial charge in [-0.2, -0.15) is 0 Å². The molecule has 0 radical (unpaired) electrons. The Morgan fingerprint density at radius 3 is 2.68 bits per heavy atom. The highest BCUT2D eigenvalue weighted by molar-refractivity contribution is 5.89. The molecule has 0 amide bonds. The second-order valence-electron chi connectivity index (χ2n) is 4.56. The molecule has 3 heterocycles. The highest BCUT2D eigenvalue weighted by Crippen LogP contribution is 2.33. The zero-order chi connectivity index (χ0) is 13.1. The maximum Gasteiger partial charge on any atom is 0.147 e. The predicted octanol–water partition coefficient (Wildman–Crippen LogP) is 2.82. The van der Waals surface area contributed by atoms with Crippen molar-refractivity contribution in [3.63, 3.8) is 0 Å². The fraction of sp³-hybridized carbons (Fsp3) is 0.267. The van der Waals surface area contributed by atoms with Crippen LogP contribution in [0.3, 0.4) is 0 Å². The Morgan fingerprint density at radius 2 is 1.89 bits per heavy atom. The highest BCUT2D eigenvalue weighted by atomic mass is 15.3. The maximum absolute atomic E-state index is 4.69. The Balaban J connectivity index is 2.03. The first-order valence-electron chi connectivity index (χ1n) is 6.54. The molecule has 1 aliphatic heterocycles. The van der Waals surface area contributed by atoms with Gasteiger partial charge < -0.3 is 4.90 Å². The van der Waals surface area contributed by atoms with Crippen molar-refractivity contribution in [1.29, 1.82) is 0 Å². The summed E-state index contributed by atoms with van der Waals surface area (Å²) in [4.78, 5) is 15.3. The number of anilines is 1. The molecule has 0 spiro atoms. The smallest absolute Gasteiger partial charge is 0.147 e. The van der Waals surface area contributed by atoms with Gasteiger partial charge in [0.15, 0.2) is 0 Å². The van der Waals surface area contributed by atoms with Crippen LogP contribution >= 0.6 is 0 Å². The lowest BCUT2D eigenvalue weighted by Crippen LogP contribution is -2.31. The number of pyridine rings is 2. The molecule has 4 nitrogen and oxygen atoms in total. The van der Waals surface area contributed by atoms with Crippen LogP contribution < -0.4 is 4.90 Å². The summed E-state index contributed by atoms with van der Waals surface area (Å²) >= 11 is 0. The van der Waals surface area contributed by atoms with Gasteiger partial charge in [0.1, 0.15) is 6.17 Å². The van der Waals surface area contributed by atoms with Gasteiger partial charge in [-0.15, -0.1) is 0 Å². The fourth-order valence-corrected chi connectivity index (χ4v) is 2.39. The molecule has 96 valence electrons. The molecule has 0 aromatic carbocycles. The molecule has 0 bridgehead atoms. The van der Waals surface area contributed by atoms with Crippen molar-refractivity contribution in [3.8, 4) is 0 Å². The van der Waals surface area contributed by atoms with Gasteiger partial charge in [-0.05, 0) is 30.2 Å². The Kier molecular flexibility index (Phi) is 3.23. The number of hydrogen-bond donors (Lipinski definition) is 0. The first-order chi connectivity index (χ1) is 9.40. The van der Waals surface area contributed by atoms with E-state index in [4.69, 9.17) is 0 Å². The van der Waals surface area contributed by atoms with Crippen LogP contribution in [0.4, 0.5) is 5.69 Å². The van der Waals surface area contributed by atoms with Crippen molar-refractivity contribution >= 4 is 11.9 Å². The second-order valence-corrected chi connectivity index (χ2v) is 4.56. The summed E-state index contributed by atoms with van der Waals surface area (Å²) in [7, 11) is 0. The number of rotatable bonds is 3. The number of aromatic nitrogens is 2. The Morgan fingerprint density at radius 1 is 1.11 bits per heavy atom. The molecular weight excluding hydrogens is 236 g/mol. The lowest BCUT2D eigenvalue weighted by atomic mass is 10.1. The first-order valence-corrected chi connectivity index (χ1v) is 6.54. The van der Waals surface area contributed by atoms with Crippen molar-refractivity contribution < 1.29 is 0 Å². The van der Waals surface area contributed by atoms with Crippen molar-refractivity contribution in [2.24, 2.45) is 4.99 Å². The normalized spacial score (nSPS) is 17.3. The second kappa shape index (κ2) is 5.18. The molecule has 0 saturated heterocycles. The van der Waals surface area contributed by atoms with E-state index in [2.05, 4.69) is 26.8 Å². The zero-order valence-corrected chi connectivity index (χ0v) is 10.9. The molecule has 2 aromatic heterocycles. The van der Waals surface area contributed by atoms with E-state index in [9.17, 15) is 0 Å². The van der Waals surface area contributed by atoms with Crippen LogP contribution in [0.1, 0.15) is 30.6 Å². The minimum absolute atomic E-state index is 0.0275. The number of hydrogen-bond acceptors (Lipinski definition) is 4. The van der Waals surface area contributed by atoms with E-state index in [1.807, 2.05) is 49.2 Å². The summed E-state index contributed by atoms with van der Waals surface area (Å²) in [5.41, 5.74) is 3.45. The number of aliphatic imine (C=N–C) groups is 1. The molecule has 19 heavy (non-hydrogen) atoms. The van der Waals surface area contributed by atoms with Gasteiger partial charge in [0, 0.05) is 36.9 Å². The lowest BCUT2D eigenvalue weighted by molar-refractivity contribution is 0.631. The molecule has 3 rings (SSSR count). The third-order valence-electron chi connectivity index (χ3n) is 3.26. The number of nitrogens with zero attached hydrogens (tertiary/aromatic N) is 4. The zero-order valence-electron chi connectivity index (χ0n) is 10.9. The molecule has 0 N–H and O–H groups in total. The maximum atomic E-state index is 4.69. The average Bonchev–Trinajstić information content (AvgIpc) is 2.49. The molecule has 4 heteroatoms. The summed E-state index contributed by atoms with van der Waals surface area (Å²) < 4.78 is 0. The summed E-state index contributed by atoms with van der Waals surface area (Å²) in [5, 5.41) is 0. The van der Waals surface area contributed by atoms with Gasteiger partial charge in [-0.3, -0.25) is 15.0 Å². The lowest BCUT2D eigenvalue weighted by Gasteiger charge is -2.34. The van der Waals surface area contributed by atoms with Gasteiger partial charge in [0.2, 0.25) is 0 Å². The van der Waals surface area contributed by atoms with Crippen LogP contribution in [-0.2, 0) is 0 Å². The Labute approximate surface area is 112 Å². The van der Waals surface area contributed by atoms with E-state index >= 15 is 0 Å². The molecule has 0 saturated carbocycles. The quantitative estimate of drug-likeness (QED) is 0.843. The highest BCUT2D eigenvalue weighted by Gasteiger charge is 2.24. The van der Waals surface area contributed by atoms with E-state index in [1.165, 1.54) is 0 Å².